The van der Waals surface area contributed by atoms with Crippen LogP contribution in [0.4, 0.5) is 0 Å². The van der Waals surface area contributed by atoms with Crippen LogP contribution in [0.25, 0.3) is 11.3 Å². The van der Waals surface area contributed by atoms with Gasteiger partial charge in [-0.15, -0.1) is 0 Å². The van der Waals surface area contributed by atoms with E-state index < -0.39 is 0 Å². The number of nitrogens with zero attached hydrogens (tertiary/aromatic N) is 3. The topological polar surface area (TPSA) is 58.4 Å². The zero-order chi connectivity index (χ0) is 16.1. The number of hydrogen-bond acceptors (Lipinski definition) is 3. The molecule has 6 heteroatoms. The lowest BCUT2D eigenvalue weighted by Crippen LogP contribution is -2.34. The number of rotatable bonds is 6. The van der Waals surface area contributed by atoms with Crippen LogP contribution in [-0.4, -0.2) is 45.4 Å². The molecule has 0 aliphatic heterocycles. The number of halogens is 1. The summed E-state index contributed by atoms with van der Waals surface area (Å²) in [6, 6.07) is 7.32. The average molecular weight is 322 g/mol. The fourth-order valence-electron chi connectivity index (χ4n) is 2.37. The molecule has 0 saturated heterocycles. The van der Waals surface area contributed by atoms with Crippen LogP contribution < -0.4 is 0 Å². The number of aryl methyl sites for hydroxylation is 1. The lowest BCUT2D eigenvalue weighted by molar-refractivity contribution is 0.0722. The van der Waals surface area contributed by atoms with E-state index in [0.717, 1.165) is 12.0 Å². The standard InChI is InChI=1S/C16H20ClN3O2/c1-3-8-20(9-10-21)16(22)13-11-19(2)18-15(13)12-6-4-5-7-14(12)17/h4-7,11,21H,3,8-10H2,1-2H3. The van der Waals surface area contributed by atoms with Crippen LogP contribution in [0.2, 0.25) is 5.02 Å². The Morgan fingerprint density at radius 2 is 2.09 bits per heavy atom. The highest BCUT2D eigenvalue weighted by atomic mass is 35.5. The molecule has 0 radical (unpaired) electrons. The Balaban J connectivity index is 2.44. The van der Waals surface area contributed by atoms with E-state index in [-0.39, 0.29) is 12.5 Å². The van der Waals surface area contributed by atoms with Gasteiger partial charge in [-0.2, -0.15) is 5.10 Å². The molecule has 0 aliphatic carbocycles. The number of amides is 1. The molecular weight excluding hydrogens is 302 g/mol. The van der Waals surface area contributed by atoms with Crippen molar-refractivity contribution in [2.75, 3.05) is 19.7 Å². The summed E-state index contributed by atoms with van der Waals surface area (Å²) in [6.07, 6.45) is 2.52. The van der Waals surface area contributed by atoms with Crippen molar-refractivity contribution < 1.29 is 9.90 Å². The third-order valence-corrected chi connectivity index (χ3v) is 3.67. The molecule has 1 amide bonds. The maximum Gasteiger partial charge on any atom is 0.257 e. The number of carbonyl (C=O) groups excluding carboxylic acids is 1. The van der Waals surface area contributed by atoms with Crippen LogP contribution in [0.1, 0.15) is 23.7 Å². The van der Waals surface area contributed by atoms with Gasteiger partial charge < -0.3 is 10.0 Å². The van der Waals surface area contributed by atoms with Gasteiger partial charge in [-0.05, 0) is 12.5 Å². The van der Waals surface area contributed by atoms with Crippen LogP contribution in [0.5, 0.6) is 0 Å². The van der Waals surface area contributed by atoms with Gasteiger partial charge in [0, 0.05) is 31.9 Å². The molecule has 0 bridgehead atoms. The normalized spacial score (nSPS) is 10.7. The van der Waals surface area contributed by atoms with Crippen molar-refractivity contribution in [2.24, 2.45) is 7.05 Å². The minimum Gasteiger partial charge on any atom is -0.395 e. The lowest BCUT2D eigenvalue weighted by atomic mass is 10.1. The Morgan fingerprint density at radius 1 is 1.36 bits per heavy atom. The molecule has 0 fully saturated rings. The molecule has 0 atom stereocenters. The highest BCUT2D eigenvalue weighted by Crippen LogP contribution is 2.29. The molecule has 1 N–H and O–H groups in total. The van der Waals surface area contributed by atoms with E-state index in [0.29, 0.717) is 29.4 Å². The lowest BCUT2D eigenvalue weighted by Gasteiger charge is -2.20. The third kappa shape index (κ3) is 3.48. The summed E-state index contributed by atoms with van der Waals surface area (Å²) in [5.74, 6) is -0.140. The summed E-state index contributed by atoms with van der Waals surface area (Å²) in [5.41, 5.74) is 1.79. The molecule has 0 spiro atoms. The van der Waals surface area contributed by atoms with Gasteiger partial charge in [-0.25, -0.2) is 0 Å². The van der Waals surface area contributed by atoms with Gasteiger partial charge >= 0.3 is 0 Å². The van der Waals surface area contributed by atoms with Crippen molar-refractivity contribution in [1.82, 2.24) is 14.7 Å². The van der Waals surface area contributed by atoms with Crippen LogP contribution in [0.3, 0.4) is 0 Å². The van der Waals surface area contributed by atoms with Gasteiger partial charge in [0.2, 0.25) is 0 Å². The predicted molar refractivity (Wildman–Crippen MR) is 86.9 cm³/mol. The van der Waals surface area contributed by atoms with Crippen molar-refractivity contribution in [3.05, 3.63) is 41.0 Å². The Labute approximate surface area is 135 Å². The molecule has 118 valence electrons. The monoisotopic (exact) mass is 321 g/mol. The van der Waals surface area contributed by atoms with E-state index in [2.05, 4.69) is 5.10 Å². The molecule has 2 rings (SSSR count). The third-order valence-electron chi connectivity index (χ3n) is 3.34. The summed E-state index contributed by atoms with van der Waals surface area (Å²) in [4.78, 5) is 14.4. The summed E-state index contributed by atoms with van der Waals surface area (Å²) in [6.45, 7) is 2.84. The SMILES string of the molecule is CCCN(CCO)C(=O)c1cn(C)nc1-c1ccccc1Cl. The van der Waals surface area contributed by atoms with Gasteiger partial charge in [0.25, 0.3) is 5.91 Å². The minimum absolute atomic E-state index is 0.0621. The number of carbonyl (C=O) groups is 1. The van der Waals surface area contributed by atoms with E-state index in [1.165, 1.54) is 0 Å². The van der Waals surface area contributed by atoms with E-state index in [9.17, 15) is 4.79 Å². The summed E-state index contributed by atoms with van der Waals surface area (Å²) in [5, 5.41) is 14.1. The number of aliphatic hydroxyl groups is 1. The molecule has 0 unspecified atom stereocenters. The molecule has 2 aromatic rings. The van der Waals surface area contributed by atoms with Crippen molar-refractivity contribution in [3.8, 4) is 11.3 Å². The van der Waals surface area contributed by atoms with Crippen LogP contribution >= 0.6 is 11.6 Å². The van der Waals surface area contributed by atoms with E-state index in [1.54, 1.807) is 28.9 Å². The average Bonchev–Trinajstić information content (AvgIpc) is 2.88. The van der Waals surface area contributed by atoms with Crippen LogP contribution in [-0.2, 0) is 7.05 Å². The number of aromatic nitrogens is 2. The molecule has 0 saturated carbocycles. The van der Waals surface area contributed by atoms with Gasteiger partial charge in [-0.3, -0.25) is 9.48 Å². The smallest absolute Gasteiger partial charge is 0.257 e. The molecule has 1 heterocycles. The highest BCUT2D eigenvalue weighted by molar-refractivity contribution is 6.33. The van der Waals surface area contributed by atoms with E-state index in [4.69, 9.17) is 16.7 Å². The minimum atomic E-state index is -0.140. The van der Waals surface area contributed by atoms with Gasteiger partial charge in [-0.1, -0.05) is 36.7 Å². The van der Waals surface area contributed by atoms with Crippen molar-refractivity contribution in [2.45, 2.75) is 13.3 Å². The fourth-order valence-corrected chi connectivity index (χ4v) is 2.60. The van der Waals surface area contributed by atoms with Crippen molar-refractivity contribution >= 4 is 17.5 Å². The first kappa shape index (κ1) is 16.5. The Hall–Kier alpha value is -1.85. The van der Waals surface area contributed by atoms with Crippen molar-refractivity contribution in [1.29, 1.82) is 0 Å². The maximum absolute atomic E-state index is 12.8. The molecular formula is C16H20ClN3O2. The Kier molecular flexibility index (Phi) is 5.57. The fraction of sp³-hybridized carbons (Fsp3) is 0.375. The van der Waals surface area contributed by atoms with E-state index >= 15 is 0 Å². The van der Waals surface area contributed by atoms with Crippen molar-refractivity contribution in [3.63, 3.8) is 0 Å². The van der Waals surface area contributed by atoms with Gasteiger partial charge in [0.1, 0.15) is 5.69 Å². The molecule has 0 aliphatic rings. The first-order valence-corrected chi connectivity index (χ1v) is 7.65. The van der Waals surface area contributed by atoms with Crippen LogP contribution in [0, 0.1) is 0 Å². The number of hydrogen-bond donors (Lipinski definition) is 1. The zero-order valence-corrected chi connectivity index (χ0v) is 13.5. The van der Waals surface area contributed by atoms with Crippen LogP contribution in [0.15, 0.2) is 30.5 Å². The second-order valence-corrected chi connectivity index (χ2v) is 5.47. The highest BCUT2D eigenvalue weighted by Gasteiger charge is 2.22. The Bertz CT molecular complexity index is 649. The number of benzene rings is 1. The largest absolute Gasteiger partial charge is 0.395 e. The second-order valence-electron chi connectivity index (χ2n) is 5.06. The molecule has 1 aromatic heterocycles. The zero-order valence-electron chi connectivity index (χ0n) is 12.8. The van der Waals surface area contributed by atoms with Gasteiger partial charge in [0.05, 0.1) is 17.2 Å². The molecule has 1 aromatic carbocycles. The predicted octanol–water partition coefficient (Wildman–Crippen LogP) is 2.59. The molecule has 22 heavy (non-hydrogen) atoms. The Morgan fingerprint density at radius 3 is 2.73 bits per heavy atom. The molecule has 5 nitrogen and oxygen atoms in total. The quantitative estimate of drug-likeness (QED) is 0.889. The second kappa shape index (κ2) is 7.42. The van der Waals surface area contributed by atoms with E-state index in [1.807, 2.05) is 25.1 Å². The summed E-state index contributed by atoms with van der Waals surface area (Å²) in [7, 11) is 1.77. The first-order chi connectivity index (χ1) is 10.6. The first-order valence-electron chi connectivity index (χ1n) is 7.27. The summed E-state index contributed by atoms with van der Waals surface area (Å²) < 4.78 is 1.61. The number of aliphatic hydroxyl groups excluding tert-OH is 1. The summed E-state index contributed by atoms with van der Waals surface area (Å²) >= 11 is 6.23. The van der Waals surface area contributed by atoms with Gasteiger partial charge in [0.15, 0.2) is 0 Å². The maximum atomic E-state index is 12.8.